The van der Waals surface area contributed by atoms with Crippen molar-refractivity contribution >= 4 is 5.91 Å². The van der Waals surface area contributed by atoms with Crippen LogP contribution in [-0.2, 0) is 11.3 Å². The van der Waals surface area contributed by atoms with Crippen LogP contribution in [0.2, 0.25) is 0 Å². The zero-order valence-corrected chi connectivity index (χ0v) is 13.4. The highest BCUT2D eigenvalue weighted by atomic mass is 16.5. The van der Waals surface area contributed by atoms with Gasteiger partial charge in [-0.1, -0.05) is 13.0 Å². The Morgan fingerprint density at radius 3 is 2.48 bits per heavy atom. The Labute approximate surface area is 127 Å². The van der Waals surface area contributed by atoms with Gasteiger partial charge in [-0.25, -0.2) is 0 Å². The van der Waals surface area contributed by atoms with Crippen molar-refractivity contribution < 1.29 is 14.3 Å². The van der Waals surface area contributed by atoms with Crippen molar-refractivity contribution in [2.45, 2.75) is 27.3 Å². The lowest BCUT2D eigenvalue weighted by molar-refractivity contribution is -0.132. The molecular weight excluding hydrogens is 268 g/mol. The van der Waals surface area contributed by atoms with E-state index in [1.807, 2.05) is 32.0 Å². The summed E-state index contributed by atoms with van der Waals surface area (Å²) >= 11 is 0. The molecule has 0 aliphatic carbocycles. The van der Waals surface area contributed by atoms with E-state index in [-0.39, 0.29) is 12.5 Å². The molecule has 0 aliphatic heterocycles. The fourth-order valence-corrected chi connectivity index (χ4v) is 2.02. The summed E-state index contributed by atoms with van der Waals surface area (Å²) in [5.41, 5.74) is 1.10. The third kappa shape index (κ3) is 5.27. The summed E-state index contributed by atoms with van der Waals surface area (Å²) in [6, 6.07) is 5.77. The van der Waals surface area contributed by atoms with Crippen LogP contribution >= 0.6 is 0 Å². The predicted molar refractivity (Wildman–Crippen MR) is 83.8 cm³/mol. The molecule has 0 saturated carbocycles. The van der Waals surface area contributed by atoms with Crippen LogP contribution in [0.5, 0.6) is 11.5 Å². The molecule has 0 spiro atoms. The minimum absolute atomic E-state index is 0.0147. The van der Waals surface area contributed by atoms with Crippen molar-refractivity contribution in [3.8, 4) is 11.5 Å². The molecule has 0 radical (unpaired) electrons. The summed E-state index contributed by atoms with van der Waals surface area (Å²) in [6.07, 6.45) is 0. The van der Waals surface area contributed by atoms with Crippen LogP contribution in [0, 0.1) is 0 Å². The highest BCUT2D eigenvalue weighted by molar-refractivity contribution is 5.77. The number of rotatable bonds is 9. The smallest absolute Gasteiger partial charge is 0.260 e. The van der Waals surface area contributed by atoms with Crippen molar-refractivity contribution in [3.63, 3.8) is 0 Å². The van der Waals surface area contributed by atoms with Gasteiger partial charge in [0, 0.05) is 19.6 Å². The van der Waals surface area contributed by atoms with Crippen LogP contribution in [0.15, 0.2) is 18.2 Å². The second kappa shape index (κ2) is 9.23. The molecule has 0 aliphatic rings. The lowest BCUT2D eigenvalue weighted by atomic mass is 10.2. The summed E-state index contributed by atoms with van der Waals surface area (Å²) in [5.74, 6) is 1.23. The van der Waals surface area contributed by atoms with Gasteiger partial charge in [0.05, 0.1) is 7.11 Å². The molecule has 0 atom stereocenters. The van der Waals surface area contributed by atoms with Gasteiger partial charge in [0.15, 0.2) is 18.1 Å². The molecule has 5 heteroatoms. The largest absolute Gasteiger partial charge is 0.493 e. The molecule has 0 aromatic heterocycles. The van der Waals surface area contributed by atoms with Gasteiger partial charge < -0.3 is 19.7 Å². The molecule has 1 aromatic rings. The number of benzene rings is 1. The number of carbonyl (C=O) groups is 1. The topological polar surface area (TPSA) is 50.8 Å². The van der Waals surface area contributed by atoms with E-state index in [0.717, 1.165) is 18.7 Å². The van der Waals surface area contributed by atoms with Crippen LogP contribution in [0.1, 0.15) is 26.3 Å². The quantitative estimate of drug-likeness (QED) is 0.757. The monoisotopic (exact) mass is 294 g/mol. The lowest BCUT2D eigenvalue weighted by Crippen LogP contribution is -2.34. The number of ether oxygens (including phenoxy) is 2. The van der Waals surface area contributed by atoms with E-state index < -0.39 is 0 Å². The molecule has 1 amide bonds. The molecule has 0 bridgehead atoms. The molecule has 0 unspecified atom stereocenters. The number of hydrogen-bond donors (Lipinski definition) is 1. The van der Waals surface area contributed by atoms with Gasteiger partial charge in [0.1, 0.15) is 0 Å². The van der Waals surface area contributed by atoms with Crippen molar-refractivity contribution in [1.82, 2.24) is 10.2 Å². The van der Waals surface area contributed by atoms with E-state index in [1.165, 1.54) is 0 Å². The van der Waals surface area contributed by atoms with Crippen molar-refractivity contribution in [2.75, 3.05) is 33.4 Å². The van der Waals surface area contributed by atoms with Gasteiger partial charge in [-0.2, -0.15) is 0 Å². The van der Waals surface area contributed by atoms with Gasteiger partial charge in [0.2, 0.25) is 0 Å². The number of amides is 1. The first-order valence-corrected chi connectivity index (χ1v) is 7.44. The van der Waals surface area contributed by atoms with Crippen molar-refractivity contribution in [3.05, 3.63) is 23.8 Å². The molecular formula is C16H26N2O3. The minimum Gasteiger partial charge on any atom is -0.493 e. The minimum atomic E-state index is -0.0147. The first kappa shape index (κ1) is 17.3. The third-order valence-corrected chi connectivity index (χ3v) is 3.27. The van der Waals surface area contributed by atoms with E-state index in [2.05, 4.69) is 12.2 Å². The second-order valence-corrected chi connectivity index (χ2v) is 4.62. The third-order valence-electron chi connectivity index (χ3n) is 3.27. The summed E-state index contributed by atoms with van der Waals surface area (Å²) in [4.78, 5) is 13.7. The summed E-state index contributed by atoms with van der Waals surface area (Å²) < 4.78 is 10.9. The Bertz CT molecular complexity index is 445. The first-order valence-electron chi connectivity index (χ1n) is 7.44. The van der Waals surface area contributed by atoms with Crippen LogP contribution in [0.4, 0.5) is 0 Å². The Morgan fingerprint density at radius 1 is 1.19 bits per heavy atom. The zero-order valence-electron chi connectivity index (χ0n) is 13.4. The normalized spacial score (nSPS) is 10.3. The Morgan fingerprint density at radius 2 is 1.90 bits per heavy atom. The highest BCUT2D eigenvalue weighted by Crippen LogP contribution is 2.28. The molecule has 0 saturated heterocycles. The van der Waals surface area contributed by atoms with E-state index >= 15 is 0 Å². The molecule has 21 heavy (non-hydrogen) atoms. The van der Waals surface area contributed by atoms with E-state index in [4.69, 9.17) is 9.47 Å². The fourth-order valence-electron chi connectivity index (χ4n) is 2.02. The van der Waals surface area contributed by atoms with Crippen LogP contribution in [0.25, 0.3) is 0 Å². The number of carbonyl (C=O) groups excluding carboxylic acids is 1. The standard InChI is InChI=1S/C16H26N2O3/c1-5-17-11-13-8-9-14(20-4)15(10-13)21-12-16(19)18(6-2)7-3/h8-10,17H,5-7,11-12H2,1-4H3. The number of hydrogen-bond acceptors (Lipinski definition) is 4. The Balaban J connectivity index is 2.73. The lowest BCUT2D eigenvalue weighted by Gasteiger charge is -2.19. The van der Waals surface area contributed by atoms with Gasteiger partial charge in [0.25, 0.3) is 5.91 Å². The van der Waals surface area contributed by atoms with Crippen molar-refractivity contribution in [1.29, 1.82) is 0 Å². The molecule has 1 N–H and O–H groups in total. The van der Waals surface area contributed by atoms with E-state index in [1.54, 1.807) is 12.0 Å². The molecule has 0 fully saturated rings. The molecule has 1 aromatic carbocycles. The van der Waals surface area contributed by atoms with Crippen LogP contribution in [-0.4, -0.2) is 44.2 Å². The maximum atomic E-state index is 12.0. The number of methoxy groups -OCH3 is 1. The summed E-state index contributed by atoms with van der Waals surface area (Å²) in [5, 5.41) is 3.26. The zero-order chi connectivity index (χ0) is 15.7. The number of likely N-dealkylation sites (N-methyl/N-ethyl adjacent to an activating group) is 1. The van der Waals surface area contributed by atoms with E-state index in [0.29, 0.717) is 24.6 Å². The maximum Gasteiger partial charge on any atom is 0.260 e. The maximum absolute atomic E-state index is 12.0. The molecule has 118 valence electrons. The van der Waals surface area contributed by atoms with Gasteiger partial charge in [-0.05, 0) is 38.1 Å². The Kier molecular flexibility index (Phi) is 7.61. The molecule has 5 nitrogen and oxygen atoms in total. The molecule has 1 rings (SSSR count). The summed E-state index contributed by atoms with van der Waals surface area (Å²) in [7, 11) is 1.60. The highest BCUT2D eigenvalue weighted by Gasteiger charge is 2.12. The van der Waals surface area contributed by atoms with Crippen LogP contribution in [0.3, 0.4) is 0 Å². The number of nitrogens with one attached hydrogen (secondary N) is 1. The number of nitrogens with zero attached hydrogens (tertiary/aromatic N) is 1. The van der Waals surface area contributed by atoms with Gasteiger partial charge in [-0.3, -0.25) is 4.79 Å². The predicted octanol–water partition coefficient (Wildman–Crippen LogP) is 2.05. The van der Waals surface area contributed by atoms with Crippen LogP contribution < -0.4 is 14.8 Å². The average Bonchev–Trinajstić information content (AvgIpc) is 2.52. The summed E-state index contributed by atoms with van der Waals surface area (Å²) in [6.45, 7) is 9.06. The first-order chi connectivity index (χ1) is 10.2. The van der Waals surface area contributed by atoms with E-state index in [9.17, 15) is 4.79 Å². The van der Waals surface area contributed by atoms with Gasteiger partial charge in [-0.15, -0.1) is 0 Å². The Hall–Kier alpha value is -1.75. The van der Waals surface area contributed by atoms with Crippen molar-refractivity contribution in [2.24, 2.45) is 0 Å². The van der Waals surface area contributed by atoms with Gasteiger partial charge >= 0.3 is 0 Å². The fraction of sp³-hybridized carbons (Fsp3) is 0.562. The second-order valence-electron chi connectivity index (χ2n) is 4.62. The SMILES string of the molecule is CCNCc1ccc(OC)c(OCC(=O)N(CC)CC)c1. The molecule has 0 heterocycles. The average molecular weight is 294 g/mol.